The van der Waals surface area contributed by atoms with Gasteiger partial charge in [0.25, 0.3) is 11.7 Å². The Kier molecular flexibility index (Phi) is 9.29. The Morgan fingerprint density at radius 2 is 1.54 bits per heavy atom. The summed E-state index contributed by atoms with van der Waals surface area (Å²) < 4.78 is 21.7. The highest BCUT2D eigenvalue weighted by atomic mass is 35.5. The van der Waals surface area contributed by atoms with Crippen molar-refractivity contribution in [2.75, 3.05) is 54.6 Å². The van der Waals surface area contributed by atoms with Crippen molar-refractivity contribution >= 4 is 29.1 Å². The summed E-state index contributed by atoms with van der Waals surface area (Å²) in [5.41, 5.74) is 0.749. The number of halogens is 1. The lowest BCUT2D eigenvalue weighted by molar-refractivity contribution is -0.140. The molecule has 37 heavy (non-hydrogen) atoms. The molecular formula is C27H33ClN2O7. The molecular weight excluding hydrogens is 500 g/mol. The van der Waals surface area contributed by atoms with Gasteiger partial charge in [-0.1, -0.05) is 25.4 Å². The summed E-state index contributed by atoms with van der Waals surface area (Å²) in [6, 6.07) is 7.11. The molecule has 1 fully saturated rings. The number of ketones is 1. The van der Waals surface area contributed by atoms with Gasteiger partial charge in [0, 0.05) is 18.7 Å². The third kappa shape index (κ3) is 5.47. The van der Waals surface area contributed by atoms with E-state index in [9.17, 15) is 14.7 Å². The molecule has 0 radical (unpaired) electrons. The van der Waals surface area contributed by atoms with Crippen molar-refractivity contribution < 1.29 is 33.6 Å². The molecule has 1 amide bonds. The number of aliphatic hydroxyl groups is 1. The molecule has 0 aromatic heterocycles. The number of Topliss-reactive ketones (excluding diaryl/α,β-unsaturated/α-hetero) is 1. The number of likely N-dealkylation sites (tertiary alicyclic amines) is 1. The van der Waals surface area contributed by atoms with Crippen molar-refractivity contribution in [3.8, 4) is 23.0 Å². The number of carbonyl (C=O) groups excluding carboxylic acids is 2. The Morgan fingerprint density at radius 3 is 2.03 bits per heavy atom. The average molecular weight is 533 g/mol. The van der Waals surface area contributed by atoms with E-state index < -0.39 is 17.7 Å². The number of ether oxygens (including phenoxy) is 4. The number of hydrogen-bond acceptors (Lipinski definition) is 8. The lowest BCUT2D eigenvalue weighted by atomic mass is 9.94. The fraction of sp³-hybridized carbons (Fsp3) is 0.407. The van der Waals surface area contributed by atoms with Crippen LogP contribution in [0.5, 0.6) is 23.0 Å². The van der Waals surface area contributed by atoms with E-state index in [-0.39, 0.29) is 28.5 Å². The van der Waals surface area contributed by atoms with Crippen LogP contribution in [0.4, 0.5) is 0 Å². The maximum Gasteiger partial charge on any atom is 0.295 e. The molecule has 1 heterocycles. The van der Waals surface area contributed by atoms with E-state index >= 15 is 0 Å². The van der Waals surface area contributed by atoms with Crippen LogP contribution in [0.15, 0.2) is 35.9 Å². The number of rotatable bonds is 11. The Labute approximate surface area is 222 Å². The molecule has 10 heteroatoms. The molecule has 2 aromatic rings. The average Bonchev–Trinajstić information content (AvgIpc) is 3.17. The van der Waals surface area contributed by atoms with Gasteiger partial charge in [-0.2, -0.15) is 0 Å². The van der Waals surface area contributed by atoms with Gasteiger partial charge in [-0.05, 0) is 49.0 Å². The van der Waals surface area contributed by atoms with Crippen molar-refractivity contribution in [3.05, 3.63) is 52.1 Å². The molecule has 1 aliphatic rings. The number of aliphatic hydroxyl groups excluding tert-OH is 1. The predicted octanol–water partition coefficient (Wildman–Crippen LogP) is 4.14. The first-order valence-electron chi connectivity index (χ1n) is 11.9. The lowest BCUT2D eigenvalue weighted by Gasteiger charge is -2.29. The predicted molar refractivity (Wildman–Crippen MR) is 141 cm³/mol. The standard InChI is InChI=1S/C27H33ClN2O7/c1-7-29(8-2)11-12-30-23(17-14-20(35-4)26(37-6)21(15-17)36-5)22(25(32)27(30)33)24(31)16-9-10-19(34-3)18(28)13-16/h9-10,13-15,23,31H,7-8,11-12H2,1-6H3/b24-22+. The Hall–Kier alpha value is -3.43. The highest BCUT2D eigenvalue weighted by Crippen LogP contribution is 2.46. The normalized spacial score (nSPS) is 16.9. The zero-order chi connectivity index (χ0) is 27.3. The van der Waals surface area contributed by atoms with Gasteiger partial charge in [0.05, 0.1) is 45.1 Å². The van der Waals surface area contributed by atoms with Gasteiger partial charge in [0.1, 0.15) is 11.5 Å². The third-order valence-corrected chi connectivity index (χ3v) is 6.81. The largest absolute Gasteiger partial charge is 0.507 e. The fourth-order valence-electron chi connectivity index (χ4n) is 4.47. The molecule has 1 saturated heterocycles. The Balaban J connectivity index is 2.24. The number of hydrogen-bond donors (Lipinski definition) is 1. The van der Waals surface area contributed by atoms with Crippen molar-refractivity contribution in [3.63, 3.8) is 0 Å². The summed E-state index contributed by atoms with van der Waals surface area (Å²) in [6.07, 6.45) is 0. The SMILES string of the molecule is CCN(CC)CCN1C(=O)C(=O)/C(=C(/O)c2ccc(OC)c(Cl)c2)C1c1cc(OC)c(OC)c(OC)c1. The van der Waals surface area contributed by atoms with E-state index in [2.05, 4.69) is 4.90 Å². The highest BCUT2D eigenvalue weighted by molar-refractivity contribution is 6.46. The topological polar surface area (TPSA) is 97.8 Å². The summed E-state index contributed by atoms with van der Waals surface area (Å²) in [4.78, 5) is 30.3. The van der Waals surface area contributed by atoms with Crippen molar-refractivity contribution in [2.45, 2.75) is 19.9 Å². The van der Waals surface area contributed by atoms with Gasteiger partial charge in [0.2, 0.25) is 5.75 Å². The number of methoxy groups -OCH3 is 4. The van der Waals surface area contributed by atoms with Crippen molar-refractivity contribution in [2.24, 2.45) is 0 Å². The molecule has 200 valence electrons. The monoisotopic (exact) mass is 532 g/mol. The number of carbonyl (C=O) groups is 2. The van der Waals surface area contributed by atoms with E-state index in [0.717, 1.165) is 13.1 Å². The summed E-state index contributed by atoms with van der Waals surface area (Å²) in [7, 11) is 5.94. The number of amides is 1. The van der Waals surface area contributed by atoms with Crippen LogP contribution in [0.1, 0.15) is 31.0 Å². The second-order valence-corrected chi connectivity index (χ2v) is 8.73. The quantitative estimate of drug-likeness (QED) is 0.262. The fourth-order valence-corrected chi connectivity index (χ4v) is 4.73. The zero-order valence-corrected chi connectivity index (χ0v) is 22.7. The van der Waals surface area contributed by atoms with Gasteiger partial charge in [0.15, 0.2) is 11.5 Å². The molecule has 1 unspecified atom stereocenters. The molecule has 0 spiro atoms. The maximum absolute atomic E-state index is 13.4. The lowest BCUT2D eigenvalue weighted by Crippen LogP contribution is -2.38. The second kappa shape index (κ2) is 12.2. The van der Waals surface area contributed by atoms with Gasteiger partial charge in [-0.3, -0.25) is 9.59 Å². The van der Waals surface area contributed by atoms with E-state index in [0.29, 0.717) is 35.1 Å². The molecule has 3 rings (SSSR count). The van der Waals surface area contributed by atoms with Crippen LogP contribution in [0.3, 0.4) is 0 Å². The minimum Gasteiger partial charge on any atom is -0.507 e. The third-order valence-electron chi connectivity index (χ3n) is 6.52. The van der Waals surface area contributed by atoms with E-state index in [1.807, 2.05) is 13.8 Å². The molecule has 9 nitrogen and oxygen atoms in total. The van der Waals surface area contributed by atoms with Crippen molar-refractivity contribution in [1.29, 1.82) is 0 Å². The summed E-state index contributed by atoms with van der Waals surface area (Å²) >= 11 is 6.28. The Bertz CT molecular complexity index is 1170. The van der Waals surface area contributed by atoms with Crippen molar-refractivity contribution in [1.82, 2.24) is 9.80 Å². The van der Waals surface area contributed by atoms with E-state index in [4.69, 9.17) is 30.5 Å². The van der Waals surface area contributed by atoms with Gasteiger partial charge >= 0.3 is 0 Å². The number of likely N-dealkylation sites (N-methyl/N-ethyl adjacent to an activating group) is 1. The smallest absolute Gasteiger partial charge is 0.295 e. The molecule has 0 bridgehead atoms. The first kappa shape index (κ1) is 28.1. The molecule has 0 aliphatic carbocycles. The number of benzene rings is 2. The minimum atomic E-state index is -0.898. The highest BCUT2D eigenvalue weighted by Gasteiger charge is 2.46. The van der Waals surface area contributed by atoms with Crippen LogP contribution in [0.25, 0.3) is 5.76 Å². The van der Waals surface area contributed by atoms with Gasteiger partial charge in [-0.25, -0.2) is 0 Å². The van der Waals surface area contributed by atoms with Gasteiger partial charge < -0.3 is 33.9 Å². The Morgan fingerprint density at radius 1 is 0.946 bits per heavy atom. The first-order chi connectivity index (χ1) is 17.8. The van der Waals surface area contributed by atoms with Crippen LogP contribution in [0.2, 0.25) is 5.02 Å². The second-order valence-electron chi connectivity index (χ2n) is 8.33. The maximum atomic E-state index is 13.4. The summed E-state index contributed by atoms with van der Waals surface area (Å²) in [5, 5.41) is 11.6. The van der Waals surface area contributed by atoms with Crippen LogP contribution >= 0.6 is 11.6 Å². The summed E-state index contributed by atoms with van der Waals surface area (Å²) in [5.74, 6) is -0.325. The molecule has 1 atom stereocenters. The van der Waals surface area contributed by atoms with Crippen LogP contribution < -0.4 is 18.9 Å². The van der Waals surface area contributed by atoms with E-state index in [1.54, 1.807) is 24.3 Å². The van der Waals surface area contributed by atoms with Crippen LogP contribution in [-0.4, -0.2) is 81.2 Å². The summed E-state index contributed by atoms with van der Waals surface area (Å²) in [6.45, 7) is 6.46. The number of nitrogens with zero attached hydrogens (tertiary/aromatic N) is 2. The molecule has 0 saturated carbocycles. The van der Waals surface area contributed by atoms with Crippen LogP contribution in [0, 0.1) is 0 Å². The molecule has 1 aliphatic heterocycles. The first-order valence-corrected chi connectivity index (χ1v) is 12.3. The minimum absolute atomic E-state index is 0.0555. The zero-order valence-electron chi connectivity index (χ0n) is 22.0. The molecule has 1 N–H and O–H groups in total. The van der Waals surface area contributed by atoms with Gasteiger partial charge in [-0.15, -0.1) is 0 Å². The van der Waals surface area contributed by atoms with Crippen LogP contribution in [-0.2, 0) is 9.59 Å². The molecule has 2 aromatic carbocycles. The van der Waals surface area contributed by atoms with E-state index in [1.165, 1.54) is 39.4 Å².